The van der Waals surface area contributed by atoms with Crippen molar-refractivity contribution in [2.75, 3.05) is 5.32 Å². The molecule has 1 N–H and O–H groups in total. The van der Waals surface area contributed by atoms with Gasteiger partial charge in [-0.15, -0.1) is 0 Å². The first-order chi connectivity index (χ1) is 14.9. The molecule has 0 fully saturated rings. The van der Waals surface area contributed by atoms with Gasteiger partial charge in [0.2, 0.25) is 21.2 Å². The maximum absolute atomic E-state index is 13.2. The molecule has 0 aliphatic rings. The highest BCUT2D eigenvalue weighted by molar-refractivity contribution is 7.91. The van der Waals surface area contributed by atoms with Gasteiger partial charge in [-0.1, -0.05) is 41.9 Å². The Morgan fingerprint density at radius 2 is 1.55 bits per heavy atom. The number of amides is 1. The fourth-order valence-corrected chi connectivity index (χ4v) is 4.75. The normalized spacial score (nSPS) is 11.4. The number of fused-ring (bicyclic) bond motifs is 1. The van der Waals surface area contributed by atoms with Crippen molar-refractivity contribution in [2.45, 2.75) is 16.3 Å². The number of rotatable bonds is 5. The molecule has 4 rings (SSSR count). The van der Waals surface area contributed by atoms with Crippen molar-refractivity contribution in [3.05, 3.63) is 100 Å². The molecule has 0 saturated carbocycles. The number of hydrogen-bond donors (Lipinski definition) is 1. The Morgan fingerprint density at radius 1 is 0.903 bits per heavy atom. The summed E-state index contributed by atoms with van der Waals surface area (Å²) < 4.78 is 27.8. The second kappa shape index (κ2) is 8.37. The maximum Gasteiger partial charge on any atom is 0.244 e. The van der Waals surface area contributed by atoms with Crippen LogP contribution in [0.1, 0.15) is 0 Å². The van der Waals surface area contributed by atoms with Gasteiger partial charge in [0.05, 0.1) is 10.4 Å². The van der Waals surface area contributed by atoms with Crippen LogP contribution in [0.2, 0.25) is 5.02 Å². The summed E-state index contributed by atoms with van der Waals surface area (Å²) in [6, 6.07) is 21.1. The number of pyridine rings is 1. The molecule has 4 aromatic rings. The van der Waals surface area contributed by atoms with Crippen LogP contribution in [0.15, 0.2) is 99.6 Å². The molecular weight excluding hydrogens is 436 g/mol. The first-order valence-corrected chi connectivity index (χ1v) is 11.2. The smallest absolute Gasteiger partial charge is 0.244 e. The average Bonchev–Trinajstić information content (AvgIpc) is 2.76. The van der Waals surface area contributed by atoms with Gasteiger partial charge in [0.15, 0.2) is 0 Å². The lowest BCUT2D eigenvalue weighted by molar-refractivity contribution is -0.116. The van der Waals surface area contributed by atoms with Crippen molar-refractivity contribution in [3.8, 4) is 0 Å². The molecule has 0 aliphatic carbocycles. The van der Waals surface area contributed by atoms with Crippen molar-refractivity contribution in [1.29, 1.82) is 0 Å². The summed E-state index contributed by atoms with van der Waals surface area (Å²) in [5.74, 6) is -0.352. The molecule has 0 atom stereocenters. The van der Waals surface area contributed by atoms with E-state index in [2.05, 4.69) is 5.32 Å². The second-order valence-corrected chi connectivity index (χ2v) is 9.19. The number of hydrogen-bond acceptors (Lipinski definition) is 4. The van der Waals surface area contributed by atoms with Crippen molar-refractivity contribution in [3.63, 3.8) is 0 Å². The summed E-state index contributed by atoms with van der Waals surface area (Å²) in [4.78, 5) is 25.2. The molecule has 1 heterocycles. The van der Waals surface area contributed by atoms with Gasteiger partial charge in [-0.05, 0) is 48.5 Å². The molecule has 1 amide bonds. The van der Waals surface area contributed by atoms with Crippen LogP contribution < -0.4 is 10.7 Å². The number of sulfone groups is 1. The minimum absolute atomic E-state index is 0.0513. The number of para-hydroxylation sites is 2. The number of nitrogens with zero attached hydrogens (tertiary/aromatic N) is 1. The molecule has 6 nitrogen and oxygen atoms in total. The van der Waals surface area contributed by atoms with Crippen LogP contribution in [-0.4, -0.2) is 18.9 Å². The Morgan fingerprint density at radius 3 is 2.26 bits per heavy atom. The van der Waals surface area contributed by atoms with E-state index < -0.39 is 20.2 Å². The van der Waals surface area contributed by atoms with Crippen LogP contribution in [0, 0.1) is 0 Å². The first kappa shape index (κ1) is 20.8. The molecule has 0 bridgehead atoms. The van der Waals surface area contributed by atoms with Gasteiger partial charge in [0.1, 0.15) is 11.4 Å². The second-order valence-electron chi connectivity index (χ2n) is 6.84. The summed E-state index contributed by atoms with van der Waals surface area (Å²) in [6.45, 7) is -0.168. The van der Waals surface area contributed by atoms with Gasteiger partial charge in [0, 0.05) is 22.3 Å². The topological polar surface area (TPSA) is 85.2 Å². The molecule has 0 unspecified atom stereocenters. The quantitative estimate of drug-likeness (QED) is 0.493. The van der Waals surface area contributed by atoms with Crippen molar-refractivity contribution in [2.24, 2.45) is 0 Å². The van der Waals surface area contributed by atoms with E-state index >= 15 is 0 Å². The SMILES string of the molecule is O=C(Cn1cc(S(=O)(=O)c2ccc(Cl)cc2)c(=O)c2ccccc21)Nc1ccccc1. The fraction of sp³-hybridized carbons (Fsp3) is 0.0435. The van der Waals surface area contributed by atoms with Crippen molar-refractivity contribution >= 4 is 43.9 Å². The van der Waals surface area contributed by atoms with Gasteiger partial charge in [-0.2, -0.15) is 0 Å². The number of benzene rings is 3. The highest BCUT2D eigenvalue weighted by Crippen LogP contribution is 2.23. The lowest BCUT2D eigenvalue weighted by Gasteiger charge is -2.14. The third kappa shape index (κ3) is 4.23. The van der Waals surface area contributed by atoms with Crippen LogP contribution in [0.3, 0.4) is 0 Å². The molecule has 31 heavy (non-hydrogen) atoms. The maximum atomic E-state index is 13.2. The summed E-state index contributed by atoms with van der Waals surface area (Å²) >= 11 is 5.86. The highest BCUT2D eigenvalue weighted by atomic mass is 35.5. The molecule has 0 radical (unpaired) electrons. The fourth-order valence-electron chi connectivity index (χ4n) is 3.26. The number of nitrogens with one attached hydrogen (secondary N) is 1. The Balaban J connectivity index is 1.81. The standard InChI is InChI=1S/C23H17ClN2O4S/c24-16-10-12-18(13-11-16)31(29,30)21-14-26(20-9-5-4-8-19(20)23(21)28)15-22(27)25-17-6-2-1-3-7-17/h1-14H,15H2,(H,25,27). The number of halogens is 1. The zero-order valence-corrected chi connectivity index (χ0v) is 17.7. The average molecular weight is 453 g/mol. The van der Waals surface area contributed by atoms with Crippen LogP contribution in [0.25, 0.3) is 10.9 Å². The lowest BCUT2D eigenvalue weighted by atomic mass is 10.2. The molecule has 0 saturated heterocycles. The molecule has 156 valence electrons. The number of anilines is 1. The van der Waals surface area contributed by atoms with E-state index in [0.717, 1.165) is 0 Å². The number of aromatic nitrogens is 1. The molecule has 0 aliphatic heterocycles. The zero-order chi connectivity index (χ0) is 22.0. The molecule has 8 heteroatoms. The Kier molecular flexibility index (Phi) is 5.63. The molecule has 1 aromatic heterocycles. The Labute approximate surface area is 183 Å². The predicted molar refractivity (Wildman–Crippen MR) is 120 cm³/mol. The molecule has 0 spiro atoms. The minimum Gasteiger partial charge on any atom is -0.336 e. The van der Waals surface area contributed by atoms with Crippen molar-refractivity contribution in [1.82, 2.24) is 4.57 Å². The largest absolute Gasteiger partial charge is 0.336 e. The van der Waals surface area contributed by atoms with Gasteiger partial charge < -0.3 is 9.88 Å². The van der Waals surface area contributed by atoms with E-state index in [4.69, 9.17) is 11.6 Å². The minimum atomic E-state index is -4.12. The molecule has 3 aromatic carbocycles. The van der Waals surface area contributed by atoms with Crippen LogP contribution >= 0.6 is 11.6 Å². The van der Waals surface area contributed by atoms with Crippen molar-refractivity contribution < 1.29 is 13.2 Å². The van der Waals surface area contributed by atoms with Crippen LogP contribution in [0.5, 0.6) is 0 Å². The predicted octanol–water partition coefficient (Wildman–Crippen LogP) is 4.13. The summed E-state index contributed by atoms with van der Waals surface area (Å²) in [5, 5.41) is 3.36. The Bertz CT molecular complexity index is 1430. The van der Waals surface area contributed by atoms with E-state index in [9.17, 15) is 18.0 Å². The van der Waals surface area contributed by atoms with E-state index in [0.29, 0.717) is 16.2 Å². The van der Waals surface area contributed by atoms with E-state index in [1.807, 2.05) is 6.07 Å². The van der Waals surface area contributed by atoms with Gasteiger partial charge >= 0.3 is 0 Å². The zero-order valence-electron chi connectivity index (χ0n) is 16.2. The molecular formula is C23H17ClN2O4S. The van der Waals surface area contributed by atoms with Gasteiger partial charge in [-0.3, -0.25) is 9.59 Å². The van der Waals surface area contributed by atoms with Crippen LogP contribution in [0.4, 0.5) is 5.69 Å². The van der Waals surface area contributed by atoms with E-state index in [1.165, 1.54) is 35.0 Å². The summed E-state index contributed by atoms with van der Waals surface area (Å²) in [6.07, 6.45) is 1.22. The highest BCUT2D eigenvalue weighted by Gasteiger charge is 2.24. The number of carbonyl (C=O) groups excluding carboxylic acids is 1. The lowest BCUT2D eigenvalue weighted by Crippen LogP contribution is -2.23. The van der Waals surface area contributed by atoms with Gasteiger partial charge in [-0.25, -0.2) is 8.42 Å². The third-order valence-electron chi connectivity index (χ3n) is 4.74. The first-order valence-electron chi connectivity index (χ1n) is 9.34. The van der Waals surface area contributed by atoms with Crippen LogP contribution in [-0.2, 0) is 21.2 Å². The third-order valence-corrected chi connectivity index (χ3v) is 6.75. The summed E-state index contributed by atoms with van der Waals surface area (Å²) in [7, 11) is -4.12. The number of carbonyl (C=O) groups is 1. The van der Waals surface area contributed by atoms with E-state index in [-0.39, 0.29) is 22.7 Å². The van der Waals surface area contributed by atoms with Gasteiger partial charge in [0.25, 0.3) is 0 Å². The van der Waals surface area contributed by atoms with E-state index in [1.54, 1.807) is 48.5 Å². The Hall–Kier alpha value is -3.42. The summed E-state index contributed by atoms with van der Waals surface area (Å²) in [5.41, 5.74) is 0.461. The monoisotopic (exact) mass is 452 g/mol.